The van der Waals surface area contributed by atoms with Crippen LogP contribution in [0.25, 0.3) is 0 Å². The van der Waals surface area contributed by atoms with Gasteiger partial charge in [0.1, 0.15) is 29.3 Å². The summed E-state index contributed by atoms with van der Waals surface area (Å²) in [6, 6.07) is 12.2. The van der Waals surface area contributed by atoms with E-state index in [-0.39, 0.29) is 30.3 Å². The minimum Gasteiger partial charge on any atom is -0.497 e. The second-order valence-corrected chi connectivity index (χ2v) is 9.63. The lowest BCUT2D eigenvalue weighted by Gasteiger charge is -2.26. The maximum absolute atomic E-state index is 13.3. The Kier molecular flexibility index (Phi) is 10.2. The Morgan fingerprint density at radius 3 is 2.65 bits per heavy atom. The Morgan fingerprint density at radius 1 is 1.07 bits per heavy atom. The highest BCUT2D eigenvalue weighted by atomic mass is 16.5. The van der Waals surface area contributed by atoms with Gasteiger partial charge in [-0.15, -0.1) is 0 Å². The van der Waals surface area contributed by atoms with Crippen LogP contribution in [0.15, 0.2) is 48.5 Å². The van der Waals surface area contributed by atoms with Crippen LogP contribution in [0.5, 0.6) is 17.2 Å². The molecular weight excluding hydrogens is 516 g/mol. The molecule has 2 atom stereocenters. The SMILES string of the molecule is COc1ccc(OCCCNC(=O)[C@@H]2CC(=O)N3CCC[C@@H]3C(=O)NCCCOc3ccccc3C(=O)N2)cc1. The highest BCUT2D eigenvalue weighted by Crippen LogP contribution is 2.21. The topological polar surface area (TPSA) is 135 Å². The molecule has 0 aromatic heterocycles. The van der Waals surface area contributed by atoms with Crippen molar-refractivity contribution >= 4 is 23.6 Å². The van der Waals surface area contributed by atoms with E-state index < -0.39 is 23.9 Å². The molecule has 0 aliphatic carbocycles. The zero-order valence-electron chi connectivity index (χ0n) is 22.6. The van der Waals surface area contributed by atoms with E-state index in [9.17, 15) is 19.2 Å². The van der Waals surface area contributed by atoms with Crippen LogP contribution >= 0.6 is 0 Å². The van der Waals surface area contributed by atoms with Crippen LogP contribution < -0.4 is 30.2 Å². The number of nitrogens with one attached hydrogen (secondary N) is 3. The number of ether oxygens (including phenoxy) is 3. The van der Waals surface area contributed by atoms with Crippen LogP contribution in [-0.4, -0.2) is 80.6 Å². The van der Waals surface area contributed by atoms with Crippen molar-refractivity contribution in [3.05, 3.63) is 54.1 Å². The van der Waals surface area contributed by atoms with Crippen molar-refractivity contribution in [1.29, 1.82) is 0 Å². The number of carbonyl (C=O) groups excluding carboxylic acids is 4. The molecule has 40 heavy (non-hydrogen) atoms. The third-order valence-electron chi connectivity index (χ3n) is 6.83. The Bertz CT molecular complexity index is 1190. The number of amides is 4. The van der Waals surface area contributed by atoms with Gasteiger partial charge in [0, 0.05) is 19.6 Å². The first-order valence-corrected chi connectivity index (χ1v) is 13.6. The fourth-order valence-electron chi connectivity index (χ4n) is 4.71. The Morgan fingerprint density at radius 2 is 1.85 bits per heavy atom. The van der Waals surface area contributed by atoms with E-state index >= 15 is 0 Å². The van der Waals surface area contributed by atoms with E-state index in [2.05, 4.69) is 16.0 Å². The Labute approximate surface area is 233 Å². The van der Waals surface area contributed by atoms with Gasteiger partial charge in [0.15, 0.2) is 0 Å². The fourth-order valence-corrected chi connectivity index (χ4v) is 4.71. The molecule has 2 aliphatic rings. The highest BCUT2D eigenvalue weighted by Gasteiger charge is 2.36. The van der Waals surface area contributed by atoms with Crippen LogP contribution in [0.3, 0.4) is 0 Å². The second-order valence-electron chi connectivity index (χ2n) is 9.63. The molecule has 0 unspecified atom stereocenters. The van der Waals surface area contributed by atoms with Gasteiger partial charge < -0.3 is 35.1 Å². The van der Waals surface area contributed by atoms with Crippen LogP contribution in [0.2, 0.25) is 0 Å². The number of fused-ring (bicyclic) bond motifs is 2. The van der Waals surface area contributed by atoms with Crippen molar-refractivity contribution in [1.82, 2.24) is 20.9 Å². The van der Waals surface area contributed by atoms with Crippen molar-refractivity contribution in [3.63, 3.8) is 0 Å². The lowest BCUT2D eigenvalue weighted by Crippen LogP contribution is -2.52. The van der Waals surface area contributed by atoms with E-state index in [0.29, 0.717) is 63.5 Å². The molecule has 0 bridgehead atoms. The van der Waals surface area contributed by atoms with E-state index in [4.69, 9.17) is 14.2 Å². The summed E-state index contributed by atoms with van der Waals surface area (Å²) in [6.07, 6.45) is 2.02. The summed E-state index contributed by atoms with van der Waals surface area (Å²) >= 11 is 0. The molecule has 0 spiro atoms. The van der Waals surface area contributed by atoms with Gasteiger partial charge in [-0.3, -0.25) is 19.2 Å². The first-order valence-electron chi connectivity index (χ1n) is 13.6. The highest BCUT2D eigenvalue weighted by molar-refractivity contribution is 6.01. The van der Waals surface area contributed by atoms with Crippen molar-refractivity contribution in [2.24, 2.45) is 0 Å². The van der Waals surface area contributed by atoms with Crippen LogP contribution in [0.4, 0.5) is 0 Å². The summed E-state index contributed by atoms with van der Waals surface area (Å²) in [6.45, 7) is 1.75. The van der Waals surface area contributed by atoms with Crippen LogP contribution in [0.1, 0.15) is 42.5 Å². The predicted octanol–water partition coefficient (Wildman–Crippen LogP) is 1.66. The normalized spacial score (nSPS) is 20.0. The van der Waals surface area contributed by atoms with Crippen LogP contribution in [0, 0.1) is 0 Å². The molecule has 0 radical (unpaired) electrons. The molecule has 11 nitrogen and oxygen atoms in total. The number of hydrogen-bond acceptors (Lipinski definition) is 7. The summed E-state index contributed by atoms with van der Waals surface area (Å²) < 4.78 is 16.6. The van der Waals surface area contributed by atoms with Gasteiger partial charge in [-0.05, 0) is 62.1 Å². The third kappa shape index (κ3) is 7.64. The number of nitrogens with zero attached hydrogens (tertiary/aromatic N) is 1. The fraction of sp³-hybridized carbons (Fsp3) is 0.448. The molecule has 1 fully saturated rings. The Balaban J connectivity index is 1.42. The molecule has 214 valence electrons. The summed E-state index contributed by atoms with van der Waals surface area (Å²) in [5.41, 5.74) is 0.263. The molecule has 2 aromatic carbocycles. The largest absolute Gasteiger partial charge is 0.497 e. The summed E-state index contributed by atoms with van der Waals surface area (Å²) in [4.78, 5) is 54.0. The predicted molar refractivity (Wildman–Crippen MR) is 146 cm³/mol. The molecule has 11 heteroatoms. The molecule has 2 heterocycles. The molecule has 1 saturated heterocycles. The number of carbonyl (C=O) groups is 4. The number of benzene rings is 2. The maximum Gasteiger partial charge on any atom is 0.255 e. The molecular formula is C29H36N4O7. The van der Waals surface area contributed by atoms with Gasteiger partial charge in [0.2, 0.25) is 17.7 Å². The third-order valence-corrected chi connectivity index (χ3v) is 6.83. The number of rotatable bonds is 7. The number of methoxy groups -OCH3 is 1. The average molecular weight is 553 g/mol. The molecule has 2 aliphatic heterocycles. The van der Waals surface area contributed by atoms with Gasteiger partial charge >= 0.3 is 0 Å². The van der Waals surface area contributed by atoms with E-state index in [0.717, 1.165) is 5.75 Å². The Hall–Kier alpha value is -4.28. The smallest absolute Gasteiger partial charge is 0.255 e. The number of hydrogen-bond donors (Lipinski definition) is 3. The van der Waals surface area contributed by atoms with Gasteiger partial charge in [-0.1, -0.05) is 12.1 Å². The first kappa shape index (κ1) is 28.7. The van der Waals surface area contributed by atoms with Gasteiger partial charge in [-0.2, -0.15) is 0 Å². The zero-order chi connectivity index (χ0) is 28.3. The van der Waals surface area contributed by atoms with Gasteiger partial charge in [-0.25, -0.2) is 0 Å². The lowest BCUT2D eigenvalue weighted by atomic mass is 10.1. The molecule has 0 saturated carbocycles. The van der Waals surface area contributed by atoms with Gasteiger partial charge in [0.05, 0.1) is 32.3 Å². The minimum atomic E-state index is -1.13. The summed E-state index contributed by atoms with van der Waals surface area (Å²) in [7, 11) is 1.59. The van der Waals surface area contributed by atoms with E-state index in [1.165, 1.54) is 4.90 Å². The standard InChI is InChI=1S/C29H36N4O7/c1-38-20-10-12-21(13-11-20)39-17-5-14-30-28(36)23-19-26(34)33-16-4-8-24(33)29(37)31-15-6-18-40-25-9-3-2-7-22(25)27(35)32-23/h2-3,7,9-13,23-24H,4-6,8,14-19H2,1H3,(H,30,36)(H,31,37)(H,32,35)/t23-,24+/m0/s1. The monoisotopic (exact) mass is 552 g/mol. The quantitative estimate of drug-likeness (QED) is 0.445. The molecule has 4 amide bonds. The van der Waals surface area contributed by atoms with Gasteiger partial charge in [0.25, 0.3) is 5.91 Å². The second kappa shape index (κ2) is 14.2. The molecule has 4 rings (SSSR count). The lowest BCUT2D eigenvalue weighted by molar-refractivity contribution is -0.140. The van der Waals surface area contributed by atoms with Crippen molar-refractivity contribution < 1.29 is 33.4 Å². The minimum absolute atomic E-state index is 0.219. The number of para-hydroxylation sites is 1. The molecule has 3 N–H and O–H groups in total. The van der Waals surface area contributed by atoms with Crippen LogP contribution in [-0.2, 0) is 14.4 Å². The average Bonchev–Trinajstić information content (AvgIpc) is 3.47. The van der Waals surface area contributed by atoms with Crippen molar-refractivity contribution in [3.8, 4) is 17.2 Å². The summed E-state index contributed by atoms with van der Waals surface area (Å²) in [5, 5.41) is 8.39. The summed E-state index contributed by atoms with van der Waals surface area (Å²) in [5.74, 6) is 0.177. The zero-order valence-corrected chi connectivity index (χ0v) is 22.6. The molecule has 2 aromatic rings. The van der Waals surface area contributed by atoms with Crippen molar-refractivity contribution in [2.45, 2.75) is 44.2 Å². The van der Waals surface area contributed by atoms with E-state index in [1.54, 1.807) is 55.6 Å². The maximum atomic E-state index is 13.3. The first-order chi connectivity index (χ1) is 19.5. The van der Waals surface area contributed by atoms with E-state index in [1.807, 2.05) is 0 Å². The van der Waals surface area contributed by atoms with Crippen molar-refractivity contribution in [2.75, 3.05) is 40.0 Å².